The second kappa shape index (κ2) is 11.2. The molecule has 0 saturated carbocycles. The molecule has 1 aromatic carbocycles. The molecule has 0 aliphatic carbocycles. The number of amides is 1. The molecule has 3 rings (SSSR count). The molecule has 0 unspecified atom stereocenters. The van der Waals surface area contributed by atoms with E-state index in [0.717, 1.165) is 48.0 Å². The number of nitrogens with zero attached hydrogens (tertiary/aromatic N) is 2. The summed E-state index contributed by atoms with van der Waals surface area (Å²) in [4.78, 5) is 19.3. The first-order valence-electron chi connectivity index (χ1n) is 10.9. The maximum absolute atomic E-state index is 12.1. The summed E-state index contributed by atoms with van der Waals surface area (Å²) in [7, 11) is 0. The van der Waals surface area contributed by atoms with E-state index >= 15 is 0 Å². The number of thiazole rings is 1. The highest BCUT2D eigenvalue weighted by Crippen LogP contribution is 2.30. The molecule has 0 spiro atoms. The zero-order valence-corrected chi connectivity index (χ0v) is 17.9. The maximum Gasteiger partial charge on any atom is 0.224 e. The number of carbonyl (C=O) groups is 1. The van der Waals surface area contributed by atoms with Crippen molar-refractivity contribution in [2.75, 3.05) is 23.3 Å². The molecule has 1 aliphatic rings. The third-order valence-corrected chi connectivity index (χ3v) is 6.24. The summed E-state index contributed by atoms with van der Waals surface area (Å²) >= 11 is 1.72. The van der Waals surface area contributed by atoms with Gasteiger partial charge in [0.25, 0.3) is 0 Å². The summed E-state index contributed by atoms with van der Waals surface area (Å²) in [6, 6.07) is 8.05. The van der Waals surface area contributed by atoms with Crippen LogP contribution in [0.1, 0.15) is 71.1 Å². The van der Waals surface area contributed by atoms with Crippen molar-refractivity contribution >= 4 is 28.1 Å². The van der Waals surface area contributed by atoms with Gasteiger partial charge >= 0.3 is 0 Å². The van der Waals surface area contributed by atoms with E-state index in [1.165, 1.54) is 44.9 Å². The Kier molecular flexibility index (Phi) is 8.34. The predicted molar refractivity (Wildman–Crippen MR) is 120 cm³/mol. The van der Waals surface area contributed by atoms with Crippen LogP contribution in [0.2, 0.25) is 0 Å². The highest BCUT2D eigenvalue weighted by atomic mass is 32.1. The van der Waals surface area contributed by atoms with E-state index in [1.807, 2.05) is 24.3 Å². The van der Waals surface area contributed by atoms with Crippen molar-refractivity contribution in [2.45, 2.75) is 71.1 Å². The van der Waals surface area contributed by atoms with Crippen molar-refractivity contribution in [1.82, 2.24) is 4.98 Å². The monoisotopic (exact) mass is 399 g/mol. The van der Waals surface area contributed by atoms with Gasteiger partial charge in [-0.3, -0.25) is 4.79 Å². The van der Waals surface area contributed by atoms with E-state index in [-0.39, 0.29) is 5.91 Å². The van der Waals surface area contributed by atoms with E-state index in [4.69, 9.17) is 4.98 Å². The number of nitrogens with one attached hydrogen (secondary N) is 1. The van der Waals surface area contributed by atoms with Crippen LogP contribution < -0.4 is 10.2 Å². The summed E-state index contributed by atoms with van der Waals surface area (Å²) in [5, 5.41) is 6.27. The Bertz CT molecular complexity index is 720. The van der Waals surface area contributed by atoms with Gasteiger partial charge < -0.3 is 10.2 Å². The zero-order valence-electron chi connectivity index (χ0n) is 17.1. The lowest BCUT2D eigenvalue weighted by atomic mass is 10.1. The molecule has 5 heteroatoms. The van der Waals surface area contributed by atoms with E-state index in [2.05, 4.69) is 22.5 Å². The molecule has 1 saturated heterocycles. The number of hydrogen-bond acceptors (Lipinski definition) is 4. The lowest BCUT2D eigenvalue weighted by Crippen LogP contribution is -2.17. The standard InChI is InChI=1S/C23H33N3OS/c1-2-3-4-5-6-7-8-11-22(27)24-20-14-12-19(13-15-20)21-18-28-23(25-21)26-16-9-10-17-26/h12-15,18H,2-11,16-17H2,1H3,(H,24,27). The molecule has 0 bridgehead atoms. The molecule has 28 heavy (non-hydrogen) atoms. The number of carbonyl (C=O) groups excluding carboxylic acids is 1. The number of aromatic nitrogens is 1. The molecule has 0 radical (unpaired) electrons. The molecule has 2 heterocycles. The van der Waals surface area contributed by atoms with Gasteiger partial charge in [0, 0.05) is 36.1 Å². The van der Waals surface area contributed by atoms with Gasteiger partial charge in [-0.2, -0.15) is 0 Å². The molecule has 1 fully saturated rings. The van der Waals surface area contributed by atoms with E-state index < -0.39 is 0 Å². The summed E-state index contributed by atoms with van der Waals surface area (Å²) < 4.78 is 0. The molecular formula is C23H33N3OS. The second-order valence-electron chi connectivity index (χ2n) is 7.71. The topological polar surface area (TPSA) is 45.2 Å². The first-order chi connectivity index (χ1) is 13.8. The Hall–Kier alpha value is -1.88. The van der Waals surface area contributed by atoms with Crippen LogP contribution in [0.4, 0.5) is 10.8 Å². The predicted octanol–water partition coefficient (Wildman–Crippen LogP) is 6.49. The van der Waals surface area contributed by atoms with Gasteiger partial charge in [-0.15, -0.1) is 11.3 Å². The fourth-order valence-electron chi connectivity index (χ4n) is 3.64. The van der Waals surface area contributed by atoms with Crippen LogP contribution in [-0.2, 0) is 4.79 Å². The number of unbranched alkanes of at least 4 members (excludes halogenated alkanes) is 6. The lowest BCUT2D eigenvalue weighted by molar-refractivity contribution is -0.116. The third kappa shape index (κ3) is 6.33. The van der Waals surface area contributed by atoms with Gasteiger partial charge in [0.2, 0.25) is 5.91 Å². The first kappa shape index (κ1) is 20.8. The Balaban J connectivity index is 1.41. The number of rotatable bonds is 11. The fourth-order valence-corrected chi connectivity index (χ4v) is 4.53. The minimum atomic E-state index is 0.117. The molecule has 2 aromatic rings. The number of hydrogen-bond donors (Lipinski definition) is 1. The Morgan fingerprint density at radius 1 is 1.04 bits per heavy atom. The Morgan fingerprint density at radius 2 is 1.71 bits per heavy atom. The van der Waals surface area contributed by atoms with Crippen LogP contribution in [-0.4, -0.2) is 24.0 Å². The van der Waals surface area contributed by atoms with Crippen molar-refractivity contribution in [2.24, 2.45) is 0 Å². The molecule has 1 amide bonds. The summed E-state index contributed by atoms with van der Waals surface area (Å²) in [6.45, 7) is 4.48. The van der Waals surface area contributed by atoms with E-state index in [9.17, 15) is 4.79 Å². The molecule has 4 nitrogen and oxygen atoms in total. The summed E-state index contributed by atoms with van der Waals surface area (Å²) in [6.07, 6.45) is 11.8. The zero-order chi connectivity index (χ0) is 19.6. The van der Waals surface area contributed by atoms with Crippen molar-refractivity contribution < 1.29 is 4.79 Å². The van der Waals surface area contributed by atoms with Crippen LogP contribution in [0.15, 0.2) is 29.6 Å². The van der Waals surface area contributed by atoms with Gasteiger partial charge in [-0.1, -0.05) is 57.6 Å². The first-order valence-corrected chi connectivity index (χ1v) is 11.7. The normalized spacial score (nSPS) is 13.8. The van der Waals surface area contributed by atoms with Crippen LogP contribution in [0.25, 0.3) is 11.3 Å². The average Bonchev–Trinajstić information content (AvgIpc) is 3.39. The summed E-state index contributed by atoms with van der Waals surface area (Å²) in [5.41, 5.74) is 2.99. The van der Waals surface area contributed by atoms with Crippen molar-refractivity contribution in [1.29, 1.82) is 0 Å². The smallest absolute Gasteiger partial charge is 0.224 e. The van der Waals surface area contributed by atoms with Gasteiger partial charge in [0.05, 0.1) is 5.69 Å². The van der Waals surface area contributed by atoms with E-state index in [0.29, 0.717) is 6.42 Å². The molecule has 1 aliphatic heterocycles. The van der Waals surface area contributed by atoms with Gasteiger partial charge in [0.15, 0.2) is 5.13 Å². The summed E-state index contributed by atoms with van der Waals surface area (Å²) in [5.74, 6) is 0.117. The van der Waals surface area contributed by atoms with Gasteiger partial charge in [-0.25, -0.2) is 4.98 Å². The Morgan fingerprint density at radius 3 is 2.43 bits per heavy atom. The van der Waals surface area contributed by atoms with Crippen molar-refractivity contribution in [3.05, 3.63) is 29.6 Å². The molecule has 0 atom stereocenters. The highest BCUT2D eigenvalue weighted by Gasteiger charge is 2.16. The molecule has 1 N–H and O–H groups in total. The number of benzene rings is 1. The fraction of sp³-hybridized carbons (Fsp3) is 0.565. The van der Waals surface area contributed by atoms with Crippen LogP contribution >= 0.6 is 11.3 Å². The molecule has 1 aromatic heterocycles. The minimum absolute atomic E-state index is 0.117. The minimum Gasteiger partial charge on any atom is -0.348 e. The molecule has 152 valence electrons. The maximum atomic E-state index is 12.1. The van der Waals surface area contributed by atoms with Crippen molar-refractivity contribution in [3.8, 4) is 11.3 Å². The van der Waals surface area contributed by atoms with Gasteiger partial charge in [-0.05, 0) is 31.4 Å². The van der Waals surface area contributed by atoms with Crippen LogP contribution in [0, 0.1) is 0 Å². The Labute approximate surface area is 173 Å². The van der Waals surface area contributed by atoms with Gasteiger partial charge in [0.1, 0.15) is 0 Å². The molecular weight excluding hydrogens is 366 g/mol. The average molecular weight is 400 g/mol. The lowest BCUT2D eigenvalue weighted by Gasteiger charge is -2.12. The third-order valence-electron chi connectivity index (χ3n) is 5.34. The second-order valence-corrected chi connectivity index (χ2v) is 8.54. The van der Waals surface area contributed by atoms with Crippen LogP contribution in [0.5, 0.6) is 0 Å². The highest BCUT2D eigenvalue weighted by molar-refractivity contribution is 7.14. The van der Waals surface area contributed by atoms with Crippen molar-refractivity contribution in [3.63, 3.8) is 0 Å². The van der Waals surface area contributed by atoms with Crippen LogP contribution in [0.3, 0.4) is 0 Å². The SMILES string of the molecule is CCCCCCCCCC(=O)Nc1ccc(-c2csc(N3CCCC3)n2)cc1. The quantitative estimate of drug-likeness (QED) is 0.439. The number of anilines is 2. The largest absolute Gasteiger partial charge is 0.348 e. The van der Waals surface area contributed by atoms with E-state index in [1.54, 1.807) is 11.3 Å².